The number of hydrogen-bond acceptors (Lipinski definition) is 9. The van der Waals surface area contributed by atoms with E-state index in [9.17, 15) is 34.9 Å². The SMILES string of the molecule is O=C(NC(Cc1ccccc1)C(=O)O)OCCCCC(CO[N+](=O)[O-])O[N+](=O)[O-]. The predicted molar refractivity (Wildman–Crippen MR) is 94.7 cm³/mol. The molecule has 0 spiro atoms. The molecule has 2 atom stereocenters. The second-order valence-corrected chi connectivity index (χ2v) is 5.83. The second kappa shape index (κ2) is 12.7. The fourth-order valence-electron chi connectivity index (χ4n) is 2.30. The van der Waals surface area contributed by atoms with Crippen LogP contribution in [0.25, 0.3) is 0 Å². The average Bonchev–Trinajstić information content (AvgIpc) is 2.65. The Hall–Kier alpha value is -3.64. The number of hydrogen-bond donors (Lipinski definition) is 2. The second-order valence-electron chi connectivity index (χ2n) is 5.83. The minimum Gasteiger partial charge on any atom is -0.480 e. The van der Waals surface area contributed by atoms with Crippen LogP contribution in [-0.2, 0) is 25.6 Å². The molecule has 0 heterocycles. The highest BCUT2D eigenvalue weighted by atomic mass is 17.0. The monoisotopic (exact) mass is 415 g/mol. The number of nitrogens with one attached hydrogen (secondary N) is 1. The number of carbonyl (C=O) groups is 2. The number of amides is 1. The molecule has 1 aromatic rings. The minimum atomic E-state index is -1.21. The Kier molecular flexibility index (Phi) is 10.2. The lowest BCUT2D eigenvalue weighted by atomic mass is 10.1. The molecular formula is C16H21N3O10. The van der Waals surface area contributed by atoms with Crippen molar-refractivity contribution in [3.63, 3.8) is 0 Å². The van der Waals surface area contributed by atoms with Crippen LogP contribution in [0.3, 0.4) is 0 Å². The lowest BCUT2D eigenvalue weighted by molar-refractivity contribution is -0.790. The molecule has 2 N–H and O–H groups in total. The summed E-state index contributed by atoms with van der Waals surface area (Å²) in [6, 6.07) is 7.58. The van der Waals surface area contributed by atoms with Gasteiger partial charge in [0.05, 0.1) is 6.61 Å². The van der Waals surface area contributed by atoms with Crippen molar-refractivity contribution in [1.29, 1.82) is 0 Å². The molecule has 0 aliphatic rings. The molecule has 0 radical (unpaired) electrons. The summed E-state index contributed by atoms with van der Waals surface area (Å²) in [4.78, 5) is 51.9. The van der Waals surface area contributed by atoms with E-state index in [4.69, 9.17) is 4.74 Å². The number of alkyl carbamates (subject to hydrolysis) is 1. The molecule has 29 heavy (non-hydrogen) atoms. The van der Waals surface area contributed by atoms with Gasteiger partial charge in [0.1, 0.15) is 18.8 Å². The van der Waals surface area contributed by atoms with Crippen LogP contribution in [0.5, 0.6) is 0 Å². The molecule has 1 rings (SSSR count). The van der Waals surface area contributed by atoms with Crippen LogP contribution in [0, 0.1) is 20.2 Å². The molecule has 160 valence electrons. The molecular weight excluding hydrogens is 394 g/mol. The highest BCUT2D eigenvalue weighted by Gasteiger charge is 2.21. The van der Waals surface area contributed by atoms with Gasteiger partial charge in [-0.2, -0.15) is 0 Å². The molecule has 0 aromatic heterocycles. The molecule has 0 aliphatic carbocycles. The van der Waals surface area contributed by atoms with E-state index in [0.29, 0.717) is 6.42 Å². The summed E-state index contributed by atoms with van der Waals surface area (Å²) >= 11 is 0. The number of rotatable bonds is 14. The minimum absolute atomic E-state index is 0.0611. The van der Waals surface area contributed by atoms with Gasteiger partial charge in [-0.3, -0.25) is 0 Å². The van der Waals surface area contributed by atoms with Crippen molar-refractivity contribution >= 4 is 12.1 Å². The number of carboxylic acid groups (broad SMARTS) is 1. The molecule has 1 amide bonds. The van der Waals surface area contributed by atoms with Crippen molar-refractivity contribution in [3.05, 3.63) is 56.1 Å². The number of ether oxygens (including phenoxy) is 1. The maximum Gasteiger partial charge on any atom is 0.407 e. The van der Waals surface area contributed by atoms with Gasteiger partial charge >= 0.3 is 12.1 Å². The van der Waals surface area contributed by atoms with E-state index in [-0.39, 0.29) is 25.9 Å². The van der Waals surface area contributed by atoms with Crippen LogP contribution >= 0.6 is 0 Å². The van der Waals surface area contributed by atoms with Crippen molar-refractivity contribution in [3.8, 4) is 0 Å². The van der Waals surface area contributed by atoms with Gasteiger partial charge in [0.25, 0.3) is 10.2 Å². The van der Waals surface area contributed by atoms with Gasteiger partial charge < -0.3 is 24.8 Å². The fourth-order valence-corrected chi connectivity index (χ4v) is 2.30. The maximum absolute atomic E-state index is 11.8. The standard InChI is InChI=1S/C16H21N3O10/c20-15(21)14(10-12-6-2-1-3-7-12)17-16(22)27-9-5-4-8-13(29-19(25)26)11-28-18(23)24/h1-3,6-7,13-14H,4-5,8-11H2,(H,17,22)(H,20,21). The third kappa shape index (κ3) is 10.9. The summed E-state index contributed by atoms with van der Waals surface area (Å²) < 4.78 is 4.89. The highest BCUT2D eigenvalue weighted by molar-refractivity contribution is 5.80. The maximum atomic E-state index is 11.8. The number of carbonyl (C=O) groups excluding carboxylic acids is 1. The van der Waals surface area contributed by atoms with Crippen molar-refractivity contribution in [1.82, 2.24) is 5.32 Å². The number of unbranched alkanes of at least 4 members (excludes halogenated alkanes) is 1. The molecule has 0 saturated heterocycles. The molecule has 0 fully saturated rings. The van der Waals surface area contributed by atoms with Crippen LogP contribution in [0.2, 0.25) is 0 Å². The van der Waals surface area contributed by atoms with Gasteiger partial charge in [0.15, 0.2) is 0 Å². The molecule has 0 aliphatic heterocycles. The number of aliphatic carboxylic acids is 1. The summed E-state index contributed by atoms with van der Waals surface area (Å²) in [5.41, 5.74) is 0.731. The van der Waals surface area contributed by atoms with Crippen molar-refractivity contribution in [2.24, 2.45) is 0 Å². The van der Waals surface area contributed by atoms with Gasteiger partial charge in [0.2, 0.25) is 0 Å². The van der Waals surface area contributed by atoms with Crippen LogP contribution in [0.1, 0.15) is 24.8 Å². The lowest BCUT2D eigenvalue weighted by Crippen LogP contribution is -2.42. The van der Waals surface area contributed by atoms with E-state index in [1.165, 1.54) is 0 Å². The van der Waals surface area contributed by atoms with E-state index in [2.05, 4.69) is 15.0 Å². The largest absolute Gasteiger partial charge is 0.480 e. The Balaban J connectivity index is 2.32. The zero-order valence-corrected chi connectivity index (χ0v) is 15.3. The first-order valence-electron chi connectivity index (χ1n) is 8.56. The summed E-state index contributed by atoms with van der Waals surface area (Å²) in [6.45, 7) is -0.681. The van der Waals surface area contributed by atoms with Gasteiger partial charge in [-0.05, 0) is 24.8 Å². The Morgan fingerprint density at radius 3 is 2.38 bits per heavy atom. The Bertz CT molecular complexity index is 685. The molecule has 13 heteroatoms. The fraction of sp³-hybridized carbons (Fsp3) is 0.500. The predicted octanol–water partition coefficient (Wildman–Crippen LogP) is 1.36. The average molecular weight is 415 g/mol. The quantitative estimate of drug-likeness (QED) is 0.256. The number of benzene rings is 1. The summed E-state index contributed by atoms with van der Waals surface area (Å²) in [6.07, 6.45) is -1.33. The van der Waals surface area contributed by atoms with Gasteiger partial charge in [-0.25, -0.2) is 9.59 Å². The first-order valence-corrected chi connectivity index (χ1v) is 8.56. The zero-order valence-electron chi connectivity index (χ0n) is 15.3. The number of nitrogens with zero attached hydrogens (tertiary/aromatic N) is 2. The van der Waals surface area contributed by atoms with Gasteiger partial charge in [-0.15, -0.1) is 20.2 Å². The Labute approximate surface area is 164 Å². The van der Waals surface area contributed by atoms with E-state index < -0.39 is 41.0 Å². The smallest absolute Gasteiger partial charge is 0.407 e. The summed E-state index contributed by atoms with van der Waals surface area (Å²) in [7, 11) is 0. The first kappa shape index (κ1) is 23.4. The van der Waals surface area contributed by atoms with Gasteiger partial charge in [0, 0.05) is 6.42 Å². The third-order valence-corrected chi connectivity index (χ3v) is 3.63. The van der Waals surface area contributed by atoms with Crippen LogP contribution < -0.4 is 5.32 Å². The first-order chi connectivity index (χ1) is 13.8. The van der Waals surface area contributed by atoms with Crippen LogP contribution in [0.15, 0.2) is 30.3 Å². The lowest BCUT2D eigenvalue weighted by Gasteiger charge is -2.15. The van der Waals surface area contributed by atoms with Crippen molar-refractivity contribution in [2.75, 3.05) is 13.2 Å². The highest BCUT2D eigenvalue weighted by Crippen LogP contribution is 2.07. The van der Waals surface area contributed by atoms with Gasteiger partial charge in [-0.1, -0.05) is 30.3 Å². The molecule has 13 nitrogen and oxygen atoms in total. The normalized spacial score (nSPS) is 12.3. The molecule has 0 bridgehead atoms. The Morgan fingerprint density at radius 1 is 1.10 bits per heavy atom. The number of carboxylic acids is 1. The van der Waals surface area contributed by atoms with E-state index in [1.807, 2.05) is 0 Å². The zero-order chi connectivity index (χ0) is 21.6. The van der Waals surface area contributed by atoms with E-state index in [0.717, 1.165) is 5.56 Å². The Morgan fingerprint density at radius 2 is 1.79 bits per heavy atom. The van der Waals surface area contributed by atoms with Crippen molar-refractivity contribution < 1.29 is 39.3 Å². The van der Waals surface area contributed by atoms with Crippen LogP contribution in [-0.4, -0.2) is 52.7 Å². The summed E-state index contributed by atoms with van der Waals surface area (Å²) in [5.74, 6) is -1.21. The van der Waals surface area contributed by atoms with E-state index >= 15 is 0 Å². The third-order valence-electron chi connectivity index (χ3n) is 3.63. The summed E-state index contributed by atoms with van der Waals surface area (Å²) in [5, 5.41) is 29.8. The van der Waals surface area contributed by atoms with E-state index in [1.54, 1.807) is 30.3 Å². The molecule has 2 unspecified atom stereocenters. The van der Waals surface area contributed by atoms with Crippen LogP contribution in [0.4, 0.5) is 4.79 Å². The van der Waals surface area contributed by atoms with Crippen molar-refractivity contribution in [2.45, 2.75) is 37.8 Å². The molecule has 1 aromatic carbocycles. The molecule has 0 saturated carbocycles. The topological polar surface area (TPSA) is 180 Å².